The van der Waals surface area contributed by atoms with Crippen molar-refractivity contribution in [1.82, 2.24) is 0 Å². The van der Waals surface area contributed by atoms with Gasteiger partial charge in [0.15, 0.2) is 0 Å². The molecular formula is C11H11ClF3NO2. The molecule has 0 saturated heterocycles. The monoisotopic (exact) mass is 281 g/mol. The van der Waals surface area contributed by atoms with Crippen LogP contribution in [0.4, 0.5) is 18.9 Å². The molecule has 1 aromatic carbocycles. The Bertz CT molecular complexity index is 448. The van der Waals surface area contributed by atoms with E-state index in [-0.39, 0.29) is 17.3 Å². The van der Waals surface area contributed by atoms with Crippen LogP contribution in [0.2, 0.25) is 5.02 Å². The SMILES string of the molecule is CC(CNc1ccc(C(F)(F)F)cc1Cl)C(=O)O. The fourth-order valence-corrected chi connectivity index (χ4v) is 1.43. The number of anilines is 1. The van der Waals surface area contributed by atoms with Crippen molar-refractivity contribution in [3.63, 3.8) is 0 Å². The van der Waals surface area contributed by atoms with Gasteiger partial charge < -0.3 is 10.4 Å². The van der Waals surface area contributed by atoms with Crippen LogP contribution in [-0.4, -0.2) is 17.6 Å². The highest BCUT2D eigenvalue weighted by Crippen LogP contribution is 2.33. The predicted molar refractivity (Wildman–Crippen MR) is 61.7 cm³/mol. The van der Waals surface area contributed by atoms with E-state index in [4.69, 9.17) is 16.7 Å². The van der Waals surface area contributed by atoms with Gasteiger partial charge in [-0.05, 0) is 18.2 Å². The van der Waals surface area contributed by atoms with Crippen molar-refractivity contribution in [3.05, 3.63) is 28.8 Å². The number of halogens is 4. The molecule has 0 aromatic heterocycles. The minimum absolute atomic E-state index is 0.0837. The number of carbonyl (C=O) groups is 1. The highest BCUT2D eigenvalue weighted by Gasteiger charge is 2.30. The summed E-state index contributed by atoms with van der Waals surface area (Å²) in [6.45, 7) is 1.56. The summed E-state index contributed by atoms with van der Waals surface area (Å²) in [7, 11) is 0. The van der Waals surface area contributed by atoms with Crippen LogP contribution in [0, 0.1) is 5.92 Å². The average Bonchev–Trinajstić information content (AvgIpc) is 2.25. The summed E-state index contributed by atoms with van der Waals surface area (Å²) in [4.78, 5) is 10.6. The van der Waals surface area contributed by atoms with Crippen LogP contribution in [0.5, 0.6) is 0 Å². The number of benzene rings is 1. The molecular weight excluding hydrogens is 271 g/mol. The van der Waals surface area contributed by atoms with Crippen LogP contribution < -0.4 is 5.32 Å². The molecule has 0 aliphatic rings. The number of rotatable bonds is 4. The number of nitrogens with one attached hydrogen (secondary N) is 1. The maximum Gasteiger partial charge on any atom is 0.416 e. The molecule has 2 N–H and O–H groups in total. The van der Waals surface area contributed by atoms with Crippen molar-refractivity contribution >= 4 is 23.3 Å². The number of carboxylic acids is 1. The first-order valence-electron chi connectivity index (χ1n) is 5.05. The van der Waals surface area contributed by atoms with Gasteiger partial charge in [-0.3, -0.25) is 4.79 Å². The quantitative estimate of drug-likeness (QED) is 0.888. The molecule has 3 nitrogen and oxygen atoms in total. The lowest BCUT2D eigenvalue weighted by Gasteiger charge is -2.13. The van der Waals surface area contributed by atoms with Crippen LogP contribution in [-0.2, 0) is 11.0 Å². The summed E-state index contributed by atoms with van der Waals surface area (Å²) >= 11 is 5.69. The molecule has 0 heterocycles. The Kier molecular flexibility index (Phi) is 4.45. The molecule has 0 aliphatic heterocycles. The van der Waals surface area contributed by atoms with Gasteiger partial charge in [-0.15, -0.1) is 0 Å². The molecule has 1 rings (SSSR count). The van der Waals surface area contributed by atoms with Crippen LogP contribution in [0.25, 0.3) is 0 Å². The lowest BCUT2D eigenvalue weighted by molar-refractivity contribution is -0.140. The summed E-state index contributed by atoms with van der Waals surface area (Å²) in [5, 5.41) is 11.3. The van der Waals surface area contributed by atoms with Gasteiger partial charge >= 0.3 is 12.1 Å². The number of hydrogen-bond donors (Lipinski definition) is 2. The van der Waals surface area contributed by atoms with Crippen molar-refractivity contribution in [2.75, 3.05) is 11.9 Å². The second-order valence-corrected chi connectivity index (χ2v) is 4.22. The normalized spacial score (nSPS) is 13.2. The summed E-state index contributed by atoms with van der Waals surface area (Å²) in [5.74, 6) is -1.66. The third kappa shape index (κ3) is 3.80. The smallest absolute Gasteiger partial charge is 0.416 e. The van der Waals surface area contributed by atoms with E-state index in [0.717, 1.165) is 12.1 Å². The Morgan fingerprint density at radius 1 is 1.50 bits per heavy atom. The van der Waals surface area contributed by atoms with E-state index in [2.05, 4.69) is 5.32 Å². The number of alkyl halides is 3. The van der Waals surface area contributed by atoms with Gasteiger partial charge in [0, 0.05) is 6.54 Å². The standard InChI is InChI=1S/C11H11ClF3NO2/c1-6(10(17)18)5-16-9-3-2-7(4-8(9)12)11(13,14)15/h2-4,6,16H,5H2,1H3,(H,17,18). The molecule has 100 valence electrons. The third-order valence-corrected chi connectivity index (χ3v) is 2.63. The molecule has 1 atom stereocenters. The molecule has 0 bridgehead atoms. The minimum Gasteiger partial charge on any atom is -0.481 e. The van der Waals surface area contributed by atoms with Gasteiger partial charge in [0.1, 0.15) is 0 Å². The lowest BCUT2D eigenvalue weighted by atomic mass is 10.1. The number of carboxylic acid groups (broad SMARTS) is 1. The first kappa shape index (κ1) is 14.6. The van der Waals surface area contributed by atoms with Gasteiger partial charge in [0.25, 0.3) is 0 Å². The molecule has 0 saturated carbocycles. The van der Waals surface area contributed by atoms with Crippen molar-refractivity contribution in [2.24, 2.45) is 5.92 Å². The third-order valence-electron chi connectivity index (χ3n) is 2.32. The van der Waals surface area contributed by atoms with Gasteiger partial charge in [-0.2, -0.15) is 13.2 Å². The zero-order chi connectivity index (χ0) is 13.9. The highest BCUT2D eigenvalue weighted by atomic mass is 35.5. The van der Waals surface area contributed by atoms with E-state index in [1.807, 2.05) is 0 Å². The van der Waals surface area contributed by atoms with Gasteiger partial charge in [-0.25, -0.2) is 0 Å². The van der Waals surface area contributed by atoms with Gasteiger partial charge in [0.05, 0.1) is 22.2 Å². The molecule has 18 heavy (non-hydrogen) atoms. The minimum atomic E-state index is -4.45. The van der Waals surface area contributed by atoms with E-state index in [1.54, 1.807) is 0 Å². The molecule has 0 spiro atoms. The van der Waals surface area contributed by atoms with E-state index in [1.165, 1.54) is 13.0 Å². The Balaban J connectivity index is 2.78. The zero-order valence-electron chi connectivity index (χ0n) is 9.38. The Hall–Kier alpha value is -1.43. The summed E-state index contributed by atoms with van der Waals surface area (Å²) in [5.41, 5.74) is -0.568. The fourth-order valence-electron chi connectivity index (χ4n) is 1.19. The summed E-state index contributed by atoms with van der Waals surface area (Å²) in [6.07, 6.45) is -4.45. The Morgan fingerprint density at radius 2 is 2.11 bits per heavy atom. The molecule has 7 heteroatoms. The van der Waals surface area contributed by atoms with Crippen LogP contribution >= 0.6 is 11.6 Å². The van der Waals surface area contributed by atoms with E-state index in [9.17, 15) is 18.0 Å². The van der Waals surface area contributed by atoms with Crippen molar-refractivity contribution in [1.29, 1.82) is 0 Å². The first-order chi connectivity index (χ1) is 8.21. The summed E-state index contributed by atoms with van der Waals surface area (Å²) < 4.78 is 37.1. The molecule has 1 unspecified atom stereocenters. The first-order valence-corrected chi connectivity index (χ1v) is 5.43. The Labute approximate surface area is 107 Å². The maximum absolute atomic E-state index is 12.4. The van der Waals surface area contributed by atoms with Crippen LogP contribution in [0.15, 0.2) is 18.2 Å². The molecule has 0 aliphatic carbocycles. The zero-order valence-corrected chi connectivity index (χ0v) is 10.1. The molecule has 0 radical (unpaired) electrons. The van der Waals surface area contributed by atoms with Crippen molar-refractivity contribution < 1.29 is 23.1 Å². The number of hydrogen-bond acceptors (Lipinski definition) is 2. The maximum atomic E-state index is 12.4. The second-order valence-electron chi connectivity index (χ2n) is 3.81. The van der Waals surface area contributed by atoms with Crippen molar-refractivity contribution in [2.45, 2.75) is 13.1 Å². The largest absolute Gasteiger partial charge is 0.481 e. The highest BCUT2D eigenvalue weighted by molar-refractivity contribution is 6.33. The topological polar surface area (TPSA) is 49.3 Å². The van der Waals surface area contributed by atoms with Crippen LogP contribution in [0.1, 0.15) is 12.5 Å². The molecule has 0 fully saturated rings. The summed E-state index contributed by atoms with van der Waals surface area (Å²) in [6, 6.07) is 2.87. The van der Waals surface area contributed by atoms with E-state index >= 15 is 0 Å². The Morgan fingerprint density at radius 3 is 2.56 bits per heavy atom. The van der Waals surface area contributed by atoms with E-state index in [0.29, 0.717) is 0 Å². The molecule has 1 aromatic rings. The molecule has 0 amide bonds. The predicted octanol–water partition coefficient (Wildman–Crippen LogP) is 3.49. The van der Waals surface area contributed by atoms with Crippen LogP contribution in [0.3, 0.4) is 0 Å². The fraction of sp³-hybridized carbons (Fsp3) is 0.364. The van der Waals surface area contributed by atoms with Crippen molar-refractivity contribution in [3.8, 4) is 0 Å². The lowest BCUT2D eigenvalue weighted by Crippen LogP contribution is -2.19. The average molecular weight is 282 g/mol. The van der Waals surface area contributed by atoms with Gasteiger partial charge in [-0.1, -0.05) is 18.5 Å². The second kappa shape index (κ2) is 5.48. The van der Waals surface area contributed by atoms with Gasteiger partial charge in [0.2, 0.25) is 0 Å². The number of aliphatic carboxylic acids is 1. The van der Waals surface area contributed by atoms with E-state index < -0.39 is 23.6 Å².